The van der Waals surface area contributed by atoms with Crippen LogP contribution in [0.25, 0.3) is 24.2 Å². The first-order valence-electron chi connectivity index (χ1n) is 5.52. The summed E-state index contributed by atoms with van der Waals surface area (Å²) in [6, 6.07) is 5.72. The second-order valence-corrected chi connectivity index (χ2v) is 6.81. The summed E-state index contributed by atoms with van der Waals surface area (Å²) in [6.45, 7) is 7.55. The highest BCUT2D eigenvalue weighted by Gasteiger charge is 2.08. The van der Waals surface area contributed by atoms with Crippen LogP contribution >= 0.6 is 31.9 Å². The molecule has 0 amide bonds. The molecule has 0 aliphatic carbocycles. The fourth-order valence-corrected chi connectivity index (χ4v) is 2.01. The molecule has 0 bridgehead atoms. The number of rotatable bonds is 3. The van der Waals surface area contributed by atoms with Gasteiger partial charge in [0.2, 0.25) is 0 Å². The van der Waals surface area contributed by atoms with Crippen molar-refractivity contribution >= 4 is 44.5 Å². The van der Waals surface area contributed by atoms with Crippen molar-refractivity contribution in [1.82, 2.24) is 15.0 Å². The summed E-state index contributed by atoms with van der Waals surface area (Å²) >= 11 is 6.85. The van der Waals surface area contributed by atoms with E-state index in [9.17, 15) is 0 Å². The van der Waals surface area contributed by atoms with Crippen molar-refractivity contribution in [2.45, 2.75) is 3.74 Å². The molecule has 2 aromatic heterocycles. The quantitative estimate of drug-likeness (QED) is 0.768. The van der Waals surface area contributed by atoms with E-state index in [2.05, 4.69) is 60.0 Å². The monoisotopic (exact) mass is 379 g/mol. The molecule has 0 saturated heterocycles. The minimum absolute atomic E-state index is 0.00581. The highest BCUT2D eigenvalue weighted by molar-refractivity contribution is 9.24. The molecule has 2 aromatic rings. The van der Waals surface area contributed by atoms with Crippen LogP contribution in [0.4, 0.5) is 0 Å². The van der Waals surface area contributed by atoms with Gasteiger partial charge in [-0.2, -0.15) is 0 Å². The lowest BCUT2D eigenvalue weighted by molar-refractivity contribution is 1.07. The van der Waals surface area contributed by atoms with Crippen molar-refractivity contribution in [2.24, 2.45) is 0 Å². The number of nitrogens with zero attached hydrogens (tertiary/aromatic N) is 3. The van der Waals surface area contributed by atoms with Gasteiger partial charge in [0.25, 0.3) is 0 Å². The Hall–Kier alpha value is -1.33. The van der Waals surface area contributed by atoms with Crippen molar-refractivity contribution in [3.05, 3.63) is 53.3 Å². The summed E-state index contributed by atoms with van der Waals surface area (Å²) in [6.07, 6.45) is 5.17. The maximum Gasteiger partial charge on any atom is 0.178 e. The van der Waals surface area contributed by atoms with Crippen molar-refractivity contribution < 1.29 is 0 Å². The summed E-state index contributed by atoms with van der Waals surface area (Å²) in [5.41, 5.74) is 1.59. The molecule has 0 radical (unpaired) electrons. The van der Waals surface area contributed by atoms with E-state index in [1.807, 2.05) is 18.2 Å². The first-order valence-corrected chi connectivity index (χ1v) is 7.35. The number of pyridine rings is 1. The minimum atomic E-state index is 0.00581. The number of aromatic nitrogens is 3. The molecule has 0 spiro atoms. The van der Waals surface area contributed by atoms with Crippen LogP contribution in [0.1, 0.15) is 9.43 Å². The maximum absolute atomic E-state index is 4.49. The second kappa shape index (κ2) is 6.21. The van der Waals surface area contributed by atoms with Crippen LogP contribution in [0.2, 0.25) is 0 Å². The van der Waals surface area contributed by atoms with Gasteiger partial charge in [0, 0.05) is 11.4 Å². The summed E-state index contributed by atoms with van der Waals surface area (Å²) in [5, 5.41) is 1.51. The zero-order chi connectivity index (χ0) is 13.8. The van der Waals surface area contributed by atoms with Gasteiger partial charge in [0.15, 0.2) is 5.82 Å². The molecule has 0 fully saturated rings. The average molecular weight is 381 g/mol. The summed E-state index contributed by atoms with van der Waals surface area (Å²) in [4.78, 5) is 13.2. The number of allylic oxidation sites excluding steroid dienone is 1. The van der Waals surface area contributed by atoms with E-state index in [0.29, 0.717) is 5.82 Å². The number of alkyl halides is 2. The van der Waals surface area contributed by atoms with Gasteiger partial charge in [0.05, 0.1) is 11.0 Å². The Bertz CT molecular complexity index is 711. The third kappa shape index (κ3) is 3.36. The third-order valence-corrected chi connectivity index (χ3v) is 3.34. The van der Waals surface area contributed by atoms with Crippen LogP contribution in [-0.2, 0) is 0 Å². The second-order valence-electron chi connectivity index (χ2n) is 3.75. The van der Waals surface area contributed by atoms with E-state index in [1.54, 1.807) is 18.3 Å². The summed E-state index contributed by atoms with van der Waals surface area (Å²) in [5.74, 6) is 0.572. The molecule has 0 aliphatic rings. The van der Waals surface area contributed by atoms with Crippen LogP contribution < -0.4 is 10.6 Å². The van der Waals surface area contributed by atoms with Gasteiger partial charge in [-0.25, -0.2) is 15.0 Å². The van der Waals surface area contributed by atoms with E-state index in [-0.39, 0.29) is 3.74 Å². The lowest BCUT2D eigenvalue weighted by Gasteiger charge is -2.04. The molecular weight excluding hydrogens is 370 g/mol. The van der Waals surface area contributed by atoms with Crippen LogP contribution in [0.3, 0.4) is 0 Å². The molecule has 96 valence electrons. The number of halogens is 2. The molecule has 0 N–H and O–H groups in total. The Balaban J connectivity index is 2.56. The Morgan fingerprint density at radius 1 is 1.21 bits per heavy atom. The van der Waals surface area contributed by atoms with Crippen molar-refractivity contribution in [2.75, 3.05) is 0 Å². The molecule has 2 heterocycles. The van der Waals surface area contributed by atoms with Gasteiger partial charge in [0.1, 0.15) is 9.43 Å². The standard InChI is InChI=1S/C14H11Br2N3/c1-3-5-10-9(2)8-17-14(19-10)12-7-4-6-11(18-12)13(15)16/h3-8,13H,1-2H2/b10-5+. The van der Waals surface area contributed by atoms with E-state index < -0.39 is 0 Å². The Kier molecular flexibility index (Phi) is 4.61. The van der Waals surface area contributed by atoms with E-state index in [1.165, 1.54) is 0 Å². The van der Waals surface area contributed by atoms with Crippen LogP contribution in [0, 0.1) is 0 Å². The predicted octanol–water partition coefficient (Wildman–Crippen LogP) is 2.70. The minimum Gasteiger partial charge on any atom is -0.247 e. The first kappa shape index (κ1) is 14.1. The number of hydrogen-bond acceptors (Lipinski definition) is 3. The van der Waals surface area contributed by atoms with Gasteiger partial charge in [-0.15, -0.1) is 0 Å². The molecule has 19 heavy (non-hydrogen) atoms. The fourth-order valence-electron chi connectivity index (χ4n) is 1.50. The Morgan fingerprint density at radius 3 is 2.68 bits per heavy atom. The highest BCUT2D eigenvalue weighted by atomic mass is 79.9. The molecule has 0 atom stereocenters. The van der Waals surface area contributed by atoms with Crippen molar-refractivity contribution in [1.29, 1.82) is 0 Å². The zero-order valence-corrected chi connectivity index (χ0v) is 13.2. The summed E-state index contributed by atoms with van der Waals surface area (Å²) < 4.78 is 0.00581. The lowest BCUT2D eigenvalue weighted by atomic mass is 10.3. The van der Waals surface area contributed by atoms with E-state index in [0.717, 1.165) is 22.0 Å². The zero-order valence-electron chi connectivity index (χ0n) is 10.1. The van der Waals surface area contributed by atoms with Gasteiger partial charge < -0.3 is 0 Å². The Labute approximate surface area is 128 Å². The Morgan fingerprint density at radius 2 is 2.00 bits per heavy atom. The molecule has 5 heteroatoms. The van der Waals surface area contributed by atoms with Gasteiger partial charge in [-0.05, 0) is 18.2 Å². The van der Waals surface area contributed by atoms with Crippen molar-refractivity contribution in [3.63, 3.8) is 0 Å². The molecule has 0 aliphatic heterocycles. The highest BCUT2D eigenvalue weighted by Crippen LogP contribution is 2.28. The van der Waals surface area contributed by atoms with Gasteiger partial charge in [-0.1, -0.05) is 57.2 Å². The average Bonchev–Trinajstić information content (AvgIpc) is 2.41. The molecule has 2 rings (SSSR count). The maximum atomic E-state index is 4.49. The predicted molar refractivity (Wildman–Crippen MR) is 85.3 cm³/mol. The SMILES string of the molecule is C=C/C=c1/nc(-c2cccc(C(Br)Br)n2)ncc1=C. The van der Waals surface area contributed by atoms with E-state index >= 15 is 0 Å². The van der Waals surface area contributed by atoms with E-state index in [4.69, 9.17) is 0 Å². The molecular formula is C14H11Br2N3. The van der Waals surface area contributed by atoms with Crippen LogP contribution in [0.15, 0.2) is 37.1 Å². The molecule has 0 unspecified atom stereocenters. The van der Waals surface area contributed by atoms with Gasteiger partial charge >= 0.3 is 0 Å². The molecule has 0 saturated carbocycles. The normalized spacial score (nSPS) is 11.8. The van der Waals surface area contributed by atoms with Crippen LogP contribution in [0.5, 0.6) is 0 Å². The smallest absolute Gasteiger partial charge is 0.178 e. The number of hydrogen-bond donors (Lipinski definition) is 0. The largest absolute Gasteiger partial charge is 0.247 e. The fraction of sp³-hybridized carbons (Fsp3) is 0.0714. The topological polar surface area (TPSA) is 38.7 Å². The van der Waals surface area contributed by atoms with Crippen molar-refractivity contribution in [3.8, 4) is 11.5 Å². The van der Waals surface area contributed by atoms with Gasteiger partial charge in [-0.3, -0.25) is 0 Å². The first-order chi connectivity index (χ1) is 9.11. The molecule has 0 aromatic carbocycles. The summed E-state index contributed by atoms with van der Waals surface area (Å²) in [7, 11) is 0. The van der Waals surface area contributed by atoms with Crippen LogP contribution in [-0.4, -0.2) is 15.0 Å². The lowest BCUT2D eigenvalue weighted by Crippen LogP contribution is -2.28. The third-order valence-electron chi connectivity index (χ3n) is 2.40. The molecule has 3 nitrogen and oxygen atoms in total.